The van der Waals surface area contributed by atoms with Crippen LogP contribution in [0.3, 0.4) is 0 Å². The first-order chi connectivity index (χ1) is 4.17. The molecule has 0 atom stereocenters. The van der Waals surface area contributed by atoms with Gasteiger partial charge in [0.1, 0.15) is 5.66 Å². The zero-order valence-electron chi connectivity index (χ0n) is 5.55. The van der Waals surface area contributed by atoms with E-state index in [9.17, 15) is 0 Å². The van der Waals surface area contributed by atoms with Crippen molar-refractivity contribution >= 4 is 0 Å². The van der Waals surface area contributed by atoms with Crippen molar-refractivity contribution in [2.75, 3.05) is 0 Å². The third-order valence-corrected chi connectivity index (χ3v) is 1.24. The van der Waals surface area contributed by atoms with Gasteiger partial charge in [-0.2, -0.15) is 5.26 Å². The highest BCUT2D eigenvalue weighted by Crippen LogP contribution is 2.22. The fourth-order valence-corrected chi connectivity index (χ4v) is 0.601. The zero-order valence-corrected chi connectivity index (χ0v) is 5.55. The van der Waals surface area contributed by atoms with Gasteiger partial charge in [-0.15, -0.1) is 0 Å². The topological polar surface area (TPSA) is 48.7 Å². The van der Waals surface area contributed by atoms with Crippen LogP contribution < -0.4 is 5.43 Å². The second-order valence-corrected chi connectivity index (χ2v) is 2.49. The summed E-state index contributed by atoms with van der Waals surface area (Å²) in [6, 6.07) is 1.91. The van der Waals surface area contributed by atoms with E-state index in [2.05, 4.69) is 5.43 Å². The number of hydrazine groups is 1. The van der Waals surface area contributed by atoms with Crippen LogP contribution in [0, 0.1) is 11.3 Å². The number of nitriles is 1. The molecule has 0 spiro atoms. The number of nitrogens with one attached hydrogen (secondary N) is 1. The molecule has 1 aliphatic rings. The summed E-state index contributed by atoms with van der Waals surface area (Å²) in [5, 5.41) is 9.99. The van der Waals surface area contributed by atoms with E-state index < -0.39 is 0 Å². The van der Waals surface area contributed by atoms with E-state index in [0.717, 1.165) is 0 Å². The molecule has 0 aromatic heterocycles. The molecule has 0 saturated carbocycles. The molecular formula is C6H9N3. The molecule has 0 amide bonds. The third kappa shape index (κ3) is 1.21. The van der Waals surface area contributed by atoms with Gasteiger partial charge in [0, 0.05) is 12.3 Å². The number of allylic oxidation sites excluding steroid dienone is 1. The molecule has 48 valence electrons. The number of nitrogens with zero attached hydrogens (tertiary/aromatic N) is 2. The molecule has 0 aliphatic carbocycles. The summed E-state index contributed by atoms with van der Waals surface area (Å²) >= 11 is 0. The van der Waals surface area contributed by atoms with Crippen molar-refractivity contribution in [1.82, 2.24) is 10.4 Å². The van der Waals surface area contributed by atoms with Crippen molar-refractivity contribution in [3.05, 3.63) is 12.3 Å². The lowest BCUT2D eigenvalue weighted by Gasteiger charge is -1.93. The minimum absolute atomic E-state index is 0.0628. The summed E-state index contributed by atoms with van der Waals surface area (Å²) in [6.07, 6.45) is 3.17. The molecule has 0 bridgehead atoms. The van der Waals surface area contributed by atoms with Gasteiger partial charge in [0.25, 0.3) is 0 Å². The average molecular weight is 123 g/mol. The smallest absolute Gasteiger partial charge is 0.116 e. The first-order valence-corrected chi connectivity index (χ1v) is 2.80. The molecule has 1 saturated heterocycles. The monoisotopic (exact) mass is 123 g/mol. The molecule has 3 heteroatoms. The van der Waals surface area contributed by atoms with Crippen LogP contribution in [0.15, 0.2) is 12.3 Å². The van der Waals surface area contributed by atoms with Crippen molar-refractivity contribution < 1.29 is 0 Å². The summed E-state index contributed by atoms with van der Waals surface area (Å²) in [6.45, 7) is 4.07. The highest BCUT2D eigenvalue weighted by atomic mass is 15.8. The van der Waals surface area contributed by atoms with Gasteiger partial charge in [-0.05, 0) is 13.8 Å². The molecule has 3 nitrogen and oxygen atoms in total. The van der Waals surface area contributed by atoms with Crippen LogP contribution in [0.25, 0.3) is 0 Å². The quantitative estimate of drug-likeness (QED) is 0.410. The van der Waals surface area contributed by atoms with Crippen molar-refractivity contribution in [3.63, 3.8) is 0 Å². The Morgan fingerprint density at radius 1 is 1.67 bits per heavy atom. The van der Waals surface area contributed by atoms with Gasteiger partial charge in [-0.1, -0.05) is 0 Å². The Balaban J connectivity index is 2.38. The molecule has 1 rings (SSSR count). The lowest BCUT2D eigenvalue weighted by molar-refractivity contribution is 0.571. The Labute approximate surface area is 54.5 Å². The molecule has 0 aromatic rings. The van der Waals surface area contributed by atoms with E-state index in [4.69, 9.17) is 5.26 Å². The van der Waals surface area contributed by atoms with E-state index in [1.807, 2.05) is 24.9 Å². The van der Waals surface area contributed by atoms with Gasteiger partial charge in [0.05, 0.1) is 6.07 Å². The third-order valence-electron chi connectivity index (χ3n) is 1.24. The van der Waals surface area contributed by atoms with Gasteiger partial charge in [0.15, 0.2) is 0 Å². The maximum atomic E-state index is 8.12. The van der Waals surface area contributed by atoms with Crippen LogP contribution in [-0.4, -0.2) is 10.7 Å². The maximum absolute atomic E-state index is 8.12. The predicted octanol–water partition coefficient (Wildman–Crippen LogP) is 0.580. The Morgan fingerprint density at radius 2 is 2.22 bits per heavy atom. The Hall–Kier alpha value is -1.01. The zero-order chi connectivity index (χ0) is 6.91. The Kier molecular flexibility index (Phi) is 1.19. The largest absolute Gasteiger partial charge is 0.292 e. The Morgan fingerprint density at radius 3 is 2.56 bits per heavy atom. The Bertz CT molecular complexity index is 175. The van der Waals surface area contributed by atoms with Crippen LogP contribution in [0.4, 0.5) is 0 Å². The van der Waals surface area contributed by atoms with Crippen molar-refractivity contribution in [2.45, 2.75) is 19.5 Å². The predicted molar refractivity (Wildman–Crippen MR) is 33.8 cm³/mol. The van der Waals surface area contributed by atoms with Gasteiger partial charge in [-0.25, -0.2) is 5.43 Å². The summed E-state index contributed by atoms with van der Waals surface area (Å²) in [5.74, 6) is 0. The standard InChI is InChI=1S/C6H9N3/c1-6(2)8-9(6)5-3-4-7/h3,5,8H,1-2H3/b5-3+. The van der Waals surface area contributed by atoms with Crippen LogP contribution >= 0.6 is 0 Å². The lowest BCUT2D eigenvalue weighted by atomic mass is 10.3. The number of hydrogen-bond donors (Lipinski definition) is 1. The van der Waals surface area contributed by atoms with Crippen molar-refractivity contribution in [3.8, 4) is 6.07 Å². The summed E-state index contributed by atoms with van der Waals surface area (Å²) in [5.41, 5.74) is 3.10. The van der Waals surface area contributed by atoms with Crippen LogP contribution in [0.5, 0.6) is 0 Å². The summed E-state index contributed by atoms with van der Waals surface area (Å²) in [4.78, 5) is 0. The first-order valence-electron chi connectivity index (χ1n) is 2.80. The molecule has 0 aromatic carbocycles. The fraction of sp³-hybridized carbons (Fsp3) is 0.500. The van der Waals surface area contributed by atoms with E-state index >= 15 is 0 Å². The first kappa shape index (κ1) is 6.12. The highest BCUT2D eigenvalue weighted by molar-refractivity contribution is 5.06. The fourth-order valence-electron chi connectivity index (χ4n) is 0.601. The van der Waals surface area contributed by atoms with Gasteiger partial charge >= 0.3 is 0 Å². The van der Waals surface area contributed by atoms with E-state index in [0.29, 0.717) is 0 Å². The number of rotatable bonds is 1. The molecular weight excluding hydrogens is 114 g/mol. The van der Waals surface area contributed by atoms with Gasteiger partial charge in [0.2, 0.25) is 0 Å². The lowest BCUT2D eigenvalue weighted by Crippen LogP contribution is -2.02. The molecule has 1 aliphatic heterocycles. The minimum Gasteiger partial charge on any atom is -0.292 e. The van der Waals surface area contributed by atoms with Crippen molar-refractivity contribution in [1.29, 1.82) is 5.26 Å². The molecule has 1 heterocycles. The average Bonchev–Trinajstić information content (AvgIpc) is 2.35. The summed E-state index contributed by atoms with van der Waals surface area (Å²) < 4.78 is 0. The van der Waals surface area contributed by atoms with E-state index in [1.165, 1.54) is 6.08 Å². The van der Waals surface area contributed by atoms with Crippen LogP contribution in [-0.2, 0) is 0 Å². The summed E-state index contributed by atoms with van der Waals surface area (Å²) in [7, 11) is 0. The van der Waals surface area contributed by atoms with Gasteiger partial charge in [-0.3, -0.25) is 5.01 Å². The molecule has 0 unspecified atom stereocenters. The van der Waals surface area contributed by atoms with Crippen LogP contribution in [0.1, 0.15) is 13.8 Å². The van der Waals surface area contributed by atoms with E-state index in [1.54, 1.807) is 6.20 Å². The second-order valence-electron chi connectivity index (χ2n) is 2.49. The van der Waals surface area contributed by atoms with E-state index in [-0.39, 0.29) is 5.66 Å². The normalized spacial score (nSPS) is 22.1. The minimum atomic E-state index is 0.0628. The molecule has 0 radical (unpaired) electrons. The van der Waals surface area contributed by atoms with Crippen molar-refractivity contribution in [2.24, 2.45) is 0 Å². The maximum Gasteiger partial charge on any atom is 0.116 e. The molecule has 9 heavy (non-hydrogen) atoms. The number of hydrogen-bond acceptors (Lipinski definition) is 3. The highest BCUT2D eigenvalue weighted by Gasteiger charge is 2.39. The second kappa shape index (κ2) is 1.74. The van der Waals surface area contributed by atoms with Gasteiger partial charge < -0.3 is 0 Å². The van der Waals surface area contributed by atoms with Crippen LogP contribution in [0.2, 0.25) is 0 Å². The molecule has 1 N–H and O–H groups in total. The SMILES string of the molecule is CC1(C)NN1/C=C/C#N. The molecule has 1 fully saturated rings.